The number of aromatic nitrogens is 2. The fraction of sp³-hybridized carbons (Fsp3) is 0.588. The van der Waals surface area contributed by atoms with Gasteiger partial charge in [-0.05, 0) is 51.2 Å². The van der Waals surface area contributed by atoms with Crippen molar-refractivity contribution in [3.05, 3.63) is 17.3 Å². The number of carboxylic acid groups (broad SMARTS) is 1. The number of aliphatic carboxylic acids is 1. The Morgan fingerprint density at radius 1 is 1.38 bits per heavy atom. The zero-order chi connectivity index (χ0) is 16.9. The van der Waals surface area contributed by atoms with Gasteiger partial charge in [-0.1, -0.05) is 0 Å². The van der Waals surface area contributed by atoms with E-state index in [2.05, 4.69) is 26.8 Å². The van der Waals surface area contributed by atoms with E-state index in [4.69, 9.17) is 0 Å². The lowest BCUT2D eigenvalue weighted by atomic mass is 9.68. The summed E-state index contributed by atoms with van der Waals surface area (Å²) in [6.45, 7) is 4.33. The van der Waals surface area contributed by atoms with E-state index in [-0.39, 0.29) is 6.04 Å². The Kier molecular flexibility index (Phi) is 3.73. The van der Waals surface area contributed by atoms with Crippen molar-refractivity contribution in [1.82, 2.24) is 14.9 Å². The summed E-state index contributed by atoms with van der Waals surface area (Å²) in [5.41, 5.74) is 0.370. The second kappa shape index (κ2) is 5.67. The third-order valence-electron chi connectivity index (χ3n) is 5.65. The van der Waals surface area contributed by atoms with E-state index in [9.17, 15) is 9.90 Å². The lowest BCUT2D eigenvalue weighted by molar-refractivity contribution is -0.158. The molecule has 0 saturated carbocycles. The molecule has 1 N–H and O–H groups in total. The third kappa shape index (κ3) is 2.29. The predicted octanol–water partition coefficient (Wildman–Crippen LogP) is 2.38. The molecule has 24 heavy (non-hydrogen) atoms. The maximum Gasteiger partial charge on any atom is 0.311 e. The normalized spacial score (nSPS) is 28.1. The van der Waals surface area contributed by atoms with Crippen LogP contribution in [0.4, 0.5) is 5.82 Å². The molecule has 0 radical (unpaired) electrons. The van der Waals surface area contributed by atoms with Crippen LogP contribution in [0.3, 0.4) is 0 Å². The van der Waals surface area contributed by atoms with Crippen molar-refractivity contribution in [2.45, 2.75) is 32.2 Å². The van der Waals surface area contributed by atoms with E-state index in [1.54, 1.807) is 11.3 Å². The monoisotopic (exact) mass is 346 g/mol. The number of anilines is 1. The molecule has 128 valence electrons. The summed E-state index contributed by atoms with van der Waals surface area (Å²) in [4.78, 5) is 25.7. The standard InChI is InChI=1S/C17H22N4O2S/c1-11-18-12-4-9-24-14(12)15(19-11)21-8-6-17(16(22)23)5-3-7-20(2)13(17)10-21/h4,9,13H,3,5-8,10H2,1-2H3,(H,22,23)/t13-,17+/m1/s1. The molecule has 2 saturated heterocycles. The largest absolute Gasteiger partial charge is 0.481 e. The maximum absolute atomic E-state index is 12.1. The van der Waals surface area contributed by atoms with Gasteiger partial charge < -0.3 is 14.9 Å². The number of piperidine rings is 2. The fourth-order valence-corrected chi connectivity index (χ4v) is 5.20. The first-order chi connectivity index (χ1) is 11.5. The predicted molar refractivity (Wildman–Crippen MR) is 94.7 cm³/mol. The molecule has 0 unspecified atom stereocenters. The molecule has 2 atom stereocenters. The summed E-state index contributed by atoms with van der Waals surface area (Å²) >= 11 is 1.66. The molecule has 0 bridgehead atoms. The van der Waals surface area contributed by atoms with Crippen LogP contribution >= 0.6 is 11.3 Å². The third-order valence-corrected chi connectivity index (χ3v) is 6.55. The highest BCUT2D eigenvalue weighted by molar-refractivity contribution is 7.17. The van der Waals surface area contributed by atoms with Gasteiger partial charge in [-0.25, -0.2) is 9.97 Å². The topological polar surface area (TPSA) is 69.6 Å². The lowest BCUT2D eigenvalue weighted by Gasteiger charge is -2.52. The van der Waals surface area contributed by atoms with Gasteiger partial charge in [0.25, 0.3) is 0 Å². The van der Waals surface area contributed by atoms with Crippen LogP contribution in [-0.4, -0.2) is 58.7 Å². The average molecular weight is 346 g/mol. The van der Waals surface area contributed by atoms with E-state index < -0.39 is 11.4 Å². The fourth-order valence-electron chi connectivity index (χ4n) is 4.35. The molecule has 4 rings (SSSR count). The first-order valence-corrected chi connectivity index (χ1v) is 9.30. The number of carbonyl (C=O) groups is 1. The Balaban J connectivity index is 1.72. The van der Waals surface area contributed by atoms with Crippen molar-refractivity contribution >= 4 is 33.3 Å². The van der Waals surface area contributed by atoms with Gasteiger partial charge in [0, 0.05) is 19.1 Å². The molecule has 0 amide bonds. The van der Waals surface area contributed by atoms with Crippen LogP contribution in [0.5, 0.6) is 0 Å². The summed E-state index contributed by atoms with van der Waals surface area (Å²) in [7, 11) is 2.05. The minimum atomic E-state index is -0.640. The Morgan fingerprint density at radius 3 is 3.00 bits per heavy atom. The molecule has 2 aliphatic rings. The molecule has 7 heteroatoms. The van der Waals surface area contributed by atoms with Gasteiger partial charge >= 0.3 is 5.97 Å². The van der Waals surface area contributed by atoms with Crippen molar-refractivity contribution in [1.29, 1.82) is 0 Å². The highest BCUT2D eigenvalue weighted by Crippen LogP contribution is 2.43. The van der Waals surface area contributed by atoms with E-state index in [0.29, 0.717) is 13.0 Å². The van der Waals surface area contributed by atoms with Gasteiger partial charge in [-0.15, -0.1) is 11.3 Å². The smallest absolute Gasteiger partial charge is 0.311 e. The van der Waals surface area contributed by atoms with Gasteiger partial charge in [0.15, 0.2) is 0 Å². The highest BCUT2D eigenvalue weighted by atomic mass is 32.1. The quantitative estimate of drug-likeness (QED) is 0.900. The number of aryl methyl sites for hydroxylation is 1. The summed E-state index contributed by atoms with van der Waals surface area (Å²) < 4.78 is 1.10. The van der Waals surface area contributed by atoms with Crippen LogP contribution < -0.4 is 4.90 Å². The van der Waals surface area contributed by atoms with Crippen LogP contribution in [-0.2, 0) is 4.79 Å². The van der Waals surface area contributed by atoms with Gasteiger partial charge in [-0.2, -0.15) is 0 Å². The Labute approximate surface area is 145 Å². The van der Waals surface area contributed by atoms with E-state index in [1.807, 2.05) is 18.4 Å². The summed E-state index contributed by atoms with van der Waals surface area (Å²) in [5.74, 6) is 1.09. The van der Waals surface area contributed by atoms with Crippen molar-refractivity contribution in [2.24, 2.45) is 5.41 Å². The molecule has 6 nitrogen and oxygen atoms in total. The van der Waals surface area contributed by atoms with E-state index in [0.717, 1.165) is 47.8 Å². The lowest BCUT2D eigenvalue weighted by Crippen LogP contribution is -2.63. The van der Waals surface area contributed by atoms with Gasteiger partial charge in [0.05, 0.1) is 15.6 Å². The maximum atomic E-state index is 12.1. The first kappa shape index (κ1) is 15.8. The molecular weight excluding hydrogens is 324 g/mol. The second-order valence-electron chi connectivity index (χ2n) is 6.99. The molecule has 0 spiro atoms. The number of likely N-dealkylation sites (N-methyl/N-ethyl adjacent to an activating group) is 1. The second-order valence-corrected chi connectivity index (χ2v) is 7.90. The molecule has 2 aromatic heterocycles. The number of fused-ring (bicyclic) bond motifs is 2. The van der Waals surface area contributed by atoms with Crippen LogP contribution in [0.1, 0.15) is 25.1 Å². The minimum Gasteiger partial charge on any atom is -0.481 e. The summed E-state index contributed by atoms with van der Waals surface area (Å²) in [5, 5.41) is 12.0. The van der Waals surface area contributed by atoms with Crippen LogP contribution in [0.2, 0.25) is 0 Å². The molecular formula is C17H22N4O2S. The van der Waals surface area contributed by atoms with E-state index >= 15 is 0 Å². The van der Waals surface area contributed by atoms with Crippen molar-refractivity contribution in [3.63, 3.8) is 0 Å². The zero-order valence-electron chi connectivity index (χ0n) is 14.0. The molecule has 0 aromatic carbocycles. The number of hydrogen-bond acceptors (Lipinski definition) is 6. The van der Waals surface area contributed by atoms with Gasteiger partial charge in [0.2, 0.25) is 0 Å². The average Bonchev–Trinajstić information content (AvgIpc) is 3.02. The van der Waals surface area contributed by atoms with E-state index in [1.165, 1.54) is 0 Å². The van der Waals surface area contributed by atoms with Crippen molar-refractivity contribution < 1.29 is 9.90 Å². The van der Waals surface area contributed by atoms with Gasteiger partial charge in [-0.3, -0.25) is 4.79 Å². The van der Waals surface area contributed by atoms with Gasteiger partial charge in [0.1, 0.15) is 11.6 Å². The number of thiophene rings is 1. The van der Waals surface area contributed by atoms with Crippen LogP contribution in [0, 0.1) is 12.3 Å². The molecule has 2 fully saturated rings. The summed E-state index contributed by atoms with van der Waals surface area (Å²) in [6.07, 6.45) is 2.41. The number of rotatable bonds is 2. The number of nitrogens with zero attached hydrogens (tertiary/aromatic N) is 4. The highest BCUT2D eigenvalue weighted by Gasteiger charge is 2.52. The molecule has 0 aliphatic carbocycles. The first-order valence-electron chi connectivity index (χ1n) is 8.42. The van der Waals surface area contributed by atoms with Crippen molar-refractivity contribution in [2.75, 3.05) is 31.6 Å². The number of hydrogen-bond donors (Lipinski definition) is 1. The summed E-state index contributed by atoms with van der Waals surface area (Å²) in [6, 6.07) is 2.05. The van der Waals surface area contributed by atoms with Crippen molar-refractivity contribution in [3.8, 4) is 0 Å². The Morgan fingerprint density at radius 2 is 2.21 bits per heavy atom. The molecule has 2 aromatic rings. The SMILES string of the molecule is Cc1nc(N2CC[C@@]3(C(=O)O)CCCN(C)[C@@H]3C2)c2sccc2n1. The zero-order valence-corrected chi connectivity index (χ0v) is 14.8. The molecule has 4 heterocycles. The number of carboxylic acids is 1. The van der Waals surface area contributed by atoms with Crippen LogP contribution in [0.25, 0.3) is 10.2 Å². The Hall–Kier alpha value is -1.73. The Bertz CT molecular complexity index is 792. The number of likely N-dealkylation sites (tertiary alicyclic amines) is 1. The van der Waals surface area contributed by atoms with Crippen LogP contribution in [0.15, 0.2) is 11.4 Å². The minimum absolute atomic E-state index is 0.0304. The molecule has 2 aliphatic heterocycles.